The summed E-state index contributed by atoms with van der Waals surface area (Å²) in [5, 5.41) is 3.93. The highest BCUT2D eigenvalue weighted by molar-refractivity contribution is 5.85. The van der Waals surface area contributed by atoms with Crippen LogP contribution >= 0.6 is 0 Å². The van der Waals surface area contributed by atoms with Crippen molar-refractivity contribution < 1.29 is 28.5 Å². The fourth-order valence-electron chi connectivity index (χ4n) is 2.24. The highest BCUT2D eigenvalue weighted by atomic mass is 16.6. The molecule has 0 aromatic heterocycles. The van der Waals surface area contributed by atoms with Gasteiger partial charge in [0.05, 0.1) is 19.9 Å². The lowest BCUT2D eigenvalue weighted by Crippen LogP contribution is -2.33. The number of rotatable bonds is 10. The van der Waals surface area contributed by atoms with Crippen LogP contribution in [-0.2, 0) is 14.3 Å². The van der Waals surface area contributed by atoms with Gasteiger partial charge in [0.2, 0.25) is 0 Å². The summed E-state index contributed by atoms with van der Waals surface area (Å²) in [5.41, 5.74) is 3.10. The average Bonchev–Trinajstić information content (AvgIpc) is 2.73. The Bertz CT molecular complexity index is 838. The quantitative estimate of drug-likeness (QED) is 0.374. The maximum Gasteiger partial charge on any atom is 0.344 e. The van der Waals surface area contributed by atoms with Crippen molar-refractivity contribution in [1.82, 2.24) is 5.43 Å². The zero-order chi connectivity index (χ0) is 21.1. The molecule has 29 heavy (non-hydrogen) atoms. The summed E-state index contributed by atoms with van der Waals surface area (Å²) in [5.74, 6) is 0.570. The average molecular weight is 400 g/mol. The van der Waals surface area contributed by atoms with Gasteiger partial charge in [-0.2, -0.15) is 5.10 Å². The van der Waals surface area contributed by atoms with Crippen LogP contribution in [-0.4, -0.2) is 44.5 Å². The van der Waals surface area contributed by atoms with Crippen LogP contribution in [0.4, 0.5) is 0 Å². The Morgan fingerprint density at radius 3 is 2.59 bits per heavy atom. The Balaban J connectivity index is 1.90. The predicted octanol–water partition coefficient (Wildman–Crippen LogP) is 2.55. The topological polar surface area (TPSA) is 95.5 Å². The molecule has 0 spiro atoms. The van der Waals surface area contributed by atoms with E-state index in [2.05, 4.69) is 10.5 Å². The SMILES string of the molecule is CCOC(=O)COc1ccc(/C=N/NC(=O)C(C)Oc2ccccc2)cc1OC. The summed E-state index contributed by atoms with van der Waals surface area (Å²) in [6.07, 6.45) is 0.757. The molecule has 0 aliphatic rings. The Morgan fingerprint density at radius 1 is 1.14 bits per heavy atom. The first-order valence-corrected chi connectivity index (χ1v) is 9.04. The van der Waals surface area contributed by atoms with Crippen molar-refractivity contribution in [2.24, 2.45) is 5.10 Å². The molecule has 1 N–H and O–H groups in total. The number of hydrogen-bond donors (Lipinski definition) is 1. The lowest BCUT2D eigenvalue weighted by atomic mass is 10.2. The number of para-hydroxylation sites is 1. The second-order valence-corrected chi connectivity index (χ2v) is 5.81. The van der Waals surface area contributed by atoms with Gasteiger partial charge in [0, 0.05) is 0 Å². The molecule has 1 atom stereocenters. The van der Waals surface area contributed by atoms with Crippen molar-refractivity contribution in [3.63, 3.8) is 0 Å². The van der Waals surface area contributed by atoms with E-state index in [4.69, 9.17) is 18.9 Å². The third kappa shape index (κ3) is 7.17. The minimum absolute atomic E-state index is 0.215. The summed E-state index contributed by atoms with van der Waals surface area (Å²) >= 11 is 0. The van der Waals surface area contributed by atoms with Gasteiger partial charge in [0.15, 0.2) is 24.2 Å². The van der Waals surface area contributed by atoms with E-state index in [1.54, 1.807) is 44.2 Å². The third-order valence-corrected chi connectivity index (χ3v) is 3.65. The molecule has 154 valence electrons. The number of hydrazone groups is 1. The van der Waals surface area contributed by atoms with Gasteiger partial charge in [-0.25, -0.2) is 10.2 Å². The molecule has 8 nitrogen and oxygen atoms in total. The number of carbonyl (C=O) groups excluding carboxylic acids is 2. The molecule has 1 amide bonds. The Labute approximate surface area is 169 Å². The van der Waals surface area contributed by atoms with Crippen LogP contribution in [0.5, 0.6) is 17.2 Å². The molecular weight excluding hydrogens is 376 g/mol. The number of esters is 1. The highest BCUT2D eigenvalue weighted by Gasteiger charge is 2.13. The summed E-state index contributed by atoms with van der Waals surface area (Å²) in [7, 11) is 1.48. The number of hydrogen-bond acceptors (Lipinski definition) is 7. The van der Waals surface area contributed by atoms with Crippen LogP contribution in [0.1, 0.15) is 19.4 Å². The van der Waals surface area contributed by atoms with Crippen molar-refractivity contribution >= 4 is 18.1 Å². The smallest absolute Gasteiger partial charge is 0.344 e. The summed E-state index contributed by atoms with van der Waals surface area (Å²) < 4.78 is 21.0. The molecule has 0 bridgehead atoms. The van der Waals surface area contributed by atoms with Gasteiger partial charge in [0.25, 0.3) is 5.91 Å². The van der Waals surface area contributed by atoms with Crippen LogP contribution in [0.15, 0.2) is 53.6 Å². The van der Waals surface area contributed by atoms with Crippen molar-refractivity contribution in [1.29, 1.82) is 0 Å². The molecule has 1 unspecified atom stereocenters. The molecular formula is C21H24N2O6. The second kappa shape index (κ2) is 11.3. The van der Waals surface area contributed by atoms with Gasteiger partial charge in [-0.3, -0.25) is 4.79 Å². The summed E-state index contributed by atoms with van der Waals surface area (Å²) in [4.78, 5) is 23.5. The first-order chi connectivity index (χ1) is 14.0. The number of nitrogens with zero attached hydrogens (tertiary/aromatic N) is 1. The Hall–Kier alpha value is -3.55. The van der Waals surface area contributed by atoms with Crippen LogP contribution in [0.3, 0.4) is 0 Å². The van der Waals surface area contributed by atoms with E-state index >= 15 is 0 Å². The number of ether oxygens (including phenoxy) is 4. The van der Waals surface area contributed by atoms with Crippen molar-refractivity contribution in [3.05, 3.63) is 54.1 Å². The van der Waals surface area contributed by atoms with E-state index in [0.29, 0.717) is 22.8 Å². The molecule has 0 aliphatic carbocycles. The van der Waals surface area contributed by atoms with E-state index in [0.717, 1.165) is 0 Å². The van der Waals surface area contributed by atoms with Gasteiger partial charge in [-0.1, -0.05) is 18.2 Å². The number of benzene rings is 2. The molecule has 0 fully saturated rings. The Kier molecular flexibility index (Phi) is 8.50. The summed E-state index contributed by atoms with van der Waals surface area (Å²) in [6.45, 7) is 3.43. The Morgan fingerprint density at radius 2 is 1.90 bits per heavy atom. The fourth-order valence-corrected chi connectivity index (χ4v) is 2.24. The number of carbonyl (C=O) groups is 2. The maximum absolute atomic E-state index is 12.1. The van der Waals surface area contributed by atoms with E-state index < -0.39 is 12.1 Å². The largest absolute Gasteiger partial charge is 0.493 e. The van der Waals surface area contributed by atoms with Crippen LogP contribution in [0.2, 0.25) is 0 Å². The van der Waals surface area contributed by atoms with Crippen LogP contribution < -0.4 is 19.6 Å². The van der Waals surface area contributed by atoms with Gasteiger partial charge < -0.3 is 18.9 Å². The van der Waals surface area contributed by atoms with Gasteiger partial charge in [-0.05, 0) is 49.7 Å². The molecule has 8 heteroatoms. The van der Waals surface area contributed by atoms with Gasteiger partial charge in [0.1, 0.15) is 5.75 Å². The zero-order valence-corrected chi connectivity index (χ0v) is 16.6. The fraction of sp³-hybridized carbons (Fsp3) is 0.286. The lowest BCUT2D eigenvalue weighted by molar-refractivity contribution is -0.145. The third-order valence-electron chi connectivity index (χ3n) is 3.65. The standard InChI is InChI=1S/C21H24N2O6/c1-4-27-20(24)14-28-18-11-10-16(12-19(18)26-3)13-22-23-21(25)15(2)29-17-8-6-5-7-9-17/h5-13,15H,4,14H2,1-3H3,(H,23,25)/b22-13+. The number of amides is 1. The van der Waals surface area contributed by atoms with Gasteiger partial charge in [-0.15, -0.1) is 0 Å². The minimum atomic E-state index is -0.706. The van der Waals surface area contributed by atoms with Crippen molar-refractivity contribution in [2.75, 3.05) is 20.3 Å². The number of methoxy groups -OCH3 is 1. The minimum Gasteiger partial charge on any atom is -0.493 e. The molecule has 0 heterocycles. The predicted molar refractivity (Wildman–Crippen MR) is 107 cm³/mol. The first-order valence-electron chi connectivity index (χ1n) is 9.04. The first kappa shape index (κ1) is 21.7. The molecule has 2 aromatic rings. The molecule has 0 aliphatic heterocycles. The monoisotopic (exact) mass is 400 g/mol. The van der Waals surface area contributed by atoms with Crippen LogP contribution in [0, 0.1) is 0 Å². The maximum atomic E-state index is 12.1. The normalized spacial score (nSPS) is 11.6. The zero-order valence-electron chi connectivity index (χ0n) is 16.6. The van der Waals surface area contributed by atoms with E-state index in [-0.39, 0.29) is 19.1 Å². The van der Waals surface area contributed by atoms with Crippen LogP contribution in [0.25, 0.3) is 0 Å². The number of nitrogens with one attached hydrogen (secondary N) is 1. The van der Waals surface area contributed by atoms with Crippen molar-refractivity contribution in [3.8, 4) is 17.2 Å². The summed E-state index contributed by atoms with van der Waals surface area (Å²) in [6, 6.07) is 14.1. The lowest BCUT2D eigenvalue weighted by Gasteiger charge is -2.12. The van der Waals surface area contributed by atoms with Gasteiger partial charge >= 0.3 is 5.97 Å². The van der Waals surface area contributed by atoms with E-state index in [1.807, 2.05) is 18.2 Å². The molecule has 0 saturated heterocycles. The van der Waals surface area contributed by atoms with Crippen molar-refractivity contribution in [2.45, 2.75) is 20.0 Å². The highest BCUT2D eigenvalue weighted by Crippen LogP contribution is 2.27. The molecule has 2 aromatic carbocycles. The molecule has 2 rings (SSSR count). The molecule has 0 saturated carbocycles. The van der Waals surface area contributed by atoms with E-state index in [1.165, 1.54) is 13.3 Å². The van der Waals surface area contributed by atoms with E-state index in [9.17, 15) is 9.59 Å². The second-order valence-electron chi connectivity index (χ2n) is 5.81. The molecule has 0 radical (unpaired) electrons.